The van der Waals surface area contributed by atoms with Crippen molar-refractivity contribution in [1.82, 2.24) is 14.2 Å². The van der Waals surface area contributed by atoms with Gasteiger partial charge in [-0.1, -0.05) is 6.07 Å². The van der Waals surface area contributed by atoms with Gasteiger partial charge in [-0.15, -0.1) is 11.3 Å². The maximum atomic E-state index is 5.47. The second-order valence-electron chi connectivity index (χ2n) is 2.84. The lowest BCUT2D eigenvalue weighted by Crippen LogP contribution is -2.29. The van der Waals surface area contributed by atoms with Crippen molar-refractivity contribution in [3.8, 4) is 0 Å². The van der Waals surface area contributed by atoms with Crippen LogP contribution < -0.4 is 11.3 Å². The van der Waals surface area contributed by atoms with E-state index in [-0.39, 0.29) is 6.04 Å². The Balaban J connectivity index is 2.08. The first-order chi connectivity index (χ1) is 6.90. The van der Waals surface area contributed by atoms with E-state index in [0.29, 0.717) is 0 Å². The molecule has 0 saturated carbocycles. The number of hydrazine groups is 1. The predicted molar refractivity (Wildman–Crippen MR) is 58.0 cm³/mol. The Kier molecular flexibility index (Phi) is 3.20. The van der Waals surface area contributed by atoms with Crippen LogP contribution in [0.25, 0.3) is 0 Å². The van der Waals surface area contributed by atoms with E-state index in [4.69, 9.17) is 5.84 Å². The highest BCUT2D eigenvalue weighted by molar-refractivity contribution is 7.09. The number of aromatic nitrogens is 2. The summed E-state index contributed by atoms with van der Waals surface area (Å²) in [7, 11) is 0. The highest BCUT2D eigenvalue weighted by Crippen LogP contribution is 2.19. The van der Waals surface area contributed by atoms with Crippen molar-refractivity contribution in [1.29, 1.82) is 0 Å². The zero-order valence-corrected chi connectivity index (χ0v) is 9.02. The second kappa shape index (κ2) is 4.61. The lowest BCUT2D eigenvalue weighted by molar-refractivity contribution is 0.545. The van der Waals surface area contributed by atoms with E-state index < -0.39 is 0 Å². The van der Waals surface area contributed by atoms with Crippen molar-refractivity contribution in [3.05, 3.63) is 34.3 Å². The van der Waals surface area contributed by atoms with Crippen molar-refractivity contribution in [2.75, 3.05) is 0 Å². The normalized spacial score (nSPS) is 12.9. The molecule has 14 heavy (non-hydrogen) atoms. The highest BCUT2D eigenvalue weighted by Gasteiger charge is 2.13. The summed E-state index contributed by atoms with van der Waals surface area (Å²) in [5, 5.41) is 2.06. The van der Waals surface area contributed by atoms with Gasteiger partial charge in [0.15, 0.2) is 0 Å². The van der Waals surface area contributed by atoms with Crippen molar-refractivity contribution in [2.45, 2.75) is 12.5 Å². The summed E-state index contributed by atoms with van der Waals surface area (Å²) < 4.78 is 8.12. The van der Waals surface area contributed by atoms with Crippen LogP contribution in [0.5, 0.6) is 0 Å². The maximum Gasteiger partial charge on any atom is 0.0929 e. The molecule has 0 aliphatic carbocycles. The van der Waals surface area contributed by atoms with Crippen molar-refractivity contribution in [3.63, 3.8) is 0 Å². The molecule has 0 aliphatic rings. The highest BCUT2D eigenvalue weighted by atomic mass is 32.1. The quantitative estimate of drug-likeness (QED) is 0.610. The van der Waals surface area contributed by atoms with Gasteiger partial charge in [0.25, 0.3) is 0 Å². The van der Waals surface area contributed by atoms with Crippen LogP contribution in [0.2, 0.25) is 0 Å². The lowest BCUT2D eigenvalue weighted by Gasteiger charge is -2.10. The van der Waals surface area contributed by atoms with Crippen LogP contribution in [0.15, 0.2) is 23.7 Å². The predicted octanol–water partition coefficient (Wildman–Crippen LogP) is 1.35. The van der Waals surface area contributed by atoms with E-state index in [9.17, 15) is 0 Å². The number of nitrogens with one attached hydrogen (secondary N) is 1. The summed E-state index contributed by atoms with van der Waals surface area (Å²) in [6.07, 6.45) is 2.61. The van der Waals surface area contributed by atoms with Crippen LogP contribution >= 0.6 is 23.1 Å². The van der Waals surface area contributed by atoms with Crippen LogP contribution in [0.3, 0.4) is 0 Å². The Labute approximate surface area is 90.1 Å². The Morgan fingerprint density at radius 1 is 1.57 bits per heavy atom. The minimum atomic E-state index is 0.0624. The molecule has 0 spiro atoms. The molecule has 0 radical (unpaired) electrons. The standard InChI is InChI=1S/C8H10N4S2/c9-11-7(8-5-10-14-12-8)4-6-2-1-3-13-6/h1-3,5,7,11H,4,9H2. The third-order valence-electron chi connectivity index (χ3n) is 1.92. The summed E-state index contributed by atoms with van der Waals surface area (Å²) >= 11 is 2.93. The molecule has 74 valence electrons. The van der Waals surface area contributed by atoms with E-state index in [0.717, 1.165) is 12.1 Å². The average molecular weight is 226 g/mol. The third kappa shape index (κ3) is 2.16. The van der Waals surface area contributed by atoms with Gasteiger partial charge in [0.1, 0.15) is 0 Å². The summed E-state index contributed by atoms with van der Waals surface area (Å²) in [5.41, 5.74) is 3.66. The molecule has 1 atom stereocenters. The van der Waals surface area contributed by atoms with E-state index in [1.54, 1.807) is 17.5 Å². The molecule has 0 fully saturated rings. The van der Waals surface area contributed by atoms with Gasteiger partial charge >= 0.3 is 0 Å². The van der Waals surface area contributed by atoms with Gasteiger partial charge in [0.2, 0.25) is 0 Å². The van der Waals surface area contributed by atoms with Gasteiger partial charge in [-0.25, -0.2) is 0 Å². The van der Waals surface area contributed by atoms with Crippen LogP contribution in [-0.4, -0.2) is 8.75 Å². The molecule has 2 heterocycles. The SMILES string of the molecule is NNC(Cc1cccs1)c1cnsn1. The van der Waals surface area contributed by atoms with Crippen LogP contribution in [0.1, 0.15) is 16.6 Å². The second-order valence-corrected chi connectivity index (χ2v) is 4.42. The Bertz CT molecular complexity index is 357. The molecule has 0 bridgehead atoms. The Hall–Kier alpha value is -0.820. The number of nitrogens with two attached hydrogens (primary N) is 1. The molecule has 2 aromatic rings. The summed E-state index contributed by atoms with van der Waals surface area (Å²) in [5.74, 6) is 5.47. The fourth-order valence-electron chi connectivity index (χ4n) is 1.20. The van der Waals surface area contributed by atoms with E-state index >= 15 is 0 Å². The molecular weight excluding hydrogens is 216 g/mol. The monoisotopic (exact) mass is 226 g/mol. The molecular formula is C8H10N4S2. The molecule has 2 rings (SSSR count). The number of rotatable bonds is 4. The van der Waals surface area contributed by atoms with Crippen LogP contribution in [-0.2, 0) is 6.42 Å². The smallest absolute Gasteiger partial charge is 0.0929 e. The maximum absolute atomic E-state index is 5.47. The largest absolute Gasteiger partial charge is 0.271 e. The van der Waals surface area contributed by atoms with Crippen molar-refractivity contribution < 1.29 is 0 Å². The van der Waals surface area contributed by atoms with Gasteiger partial charge in [-0.3, -0.25) is 11.3 Å². The molecule has 4 nitrogen and oxygen atoms in total. The fourth-order valence-corrected chi connectivity index (χ4v) is 2.43. The third-order valence-corrected chi connectivity index (χ3v) is 3.31. The molecule has 0 aliphatic heterocycles. The fraction of sp³-hybridized carbons (Fsp3) is 0.250. The summed E-state index contributed by atoms with van der Waals surface area (Å²) in [6, 6.07) is 4.19. The summed E-state index contributed by atoms with van der Waals surface area (Å²) in [4.78, 5) is 1.29. The first-order valence-corrected chi connectivity index (χ1v) is 5.77. The van der Waals surface area contributed by atoms with Crippen LogP contribution in [0.4, 0.5) is 0 Å². The van der Waals surface area contributed by atoms with Gasteiger partial charge in [-0.2, -0.15) is 8.75 Å². The number of hydrogen-bond donors (Lipinski definition) is 2. The molecule has 3 N–H and O–H groups in total. The van der Waals surface area contributed by atoms with E-state index in [1.165, 1.54) is 16.6 Å². The number of thiophene rings is 1. The topological polar surface area (TPSA) is 63.8 Å². The molecule has 0 amide bonds. The minimum Gasteiger partial charge on any atom is -0.271 e. The van der Waals surface area contributed by atoms with Crippen molar-refractivity contribution >= 4 is 23.1 Å². The van der Waals surface area contributed by atoms with Gasteiger partial charge < -0.3 is 0 Å². The first kappa shape index (κ1) is 9.72. The Morgan fingerprint density at radius 3 is 3.07 bits per heavy atom. The Morgan fingerprint density at radius 2 is 2.50 bits per heavy atom. The van der Waals surface area contributed by atoms with Crippen molar-refractivity contribution in [2.24, 2.45) is 5.84 Å². The molecule has 6 heteroatoms. The first-order valence-electron chi connectivity index (χ1n) is 4.16. The van der Waals surface area contributed by atoms with Crippen LogP contribution in [0, 0.1) is 0 Å². The summed E-state index contributed by atoms with van der Waals surface area (Å²) in [6.45, 7) is 0. The number of hydrogen-bond acceptors (Lipinski definition) is 6. The number of nitrogens with zero attached hydrogens (tertiary/aromatic N) is 2. The van der Waals surface area contributed by atoms with Gasteiger partial charge in [0, 0.05) is 11.3 Å². The zero-order valence-electron chi connectivity index (χ0n) is 7.38. The molecule has 0 aromatic carbocycles. The molecule has 2 aromatic heterocycles. The van der Waals surface area contributed by atoms with E-state index in [1.807, 2.05) is 6.07 Å². The molecule has 1 unspecified atom stereocenters. The van der Waals surface area contributed by atoms with Gasteiger partial charge in [-0.05, 0) is 11.4 Å². The van der Waals surface area contributed by atoms with E-state index in [2.05, 4.69) is 25.6 Å². The zero-order chi connectivity index (χ0) is 9.80. The lowest BCUT2D eigenvalue weighted by atomic mass is 10.1. The molecule has 0 saturated heterocycles. The average Bonchev–Trinajstić information content (AvgIpc) is 2.86. The minimum absolute atomic E-state index is 0.0624. The van der Waals surface area contributed by atoms with Gasteiger partial charge in [0.05, 0.1) is 29.7 Å².